The second-order valence-electron chi connectivity index (χ2n) is 6.23. The first-order valence-electron chi connectivity index (χ1n) is 8.39. The third-order valence-corrected chi connectivity index (χ3v) is 5.46. The SMILES string of the molecule is CN(CCCOc1ccc(S(C)(=O)=O)cc1)c1ncnc2cc(Cl)ccc12. The number of fused-ring (bicyclic) bond motifs is 1. The van der Waals surface area contributed by atoms with Gasteiger partial charge in [-0.2, -0.15) is 0 Å². The van der Waals surface area contributed by atoms with Crippen LogP contribution in [-0.2, 0) is 9.84 Å². The van der Waals surface area contributed by atoms with Gasteiger partial charge in [-0.1, -0.05) is 11.6 Å². The predicted molar refractivity (Wildman–Crippen MR) is 107 cm³/mol. The molecule has 0 amide bonds. The number of hydrogen-bond acceptors (Lipinski definition) is 6. The van der Waals surface area contributed by atoms with Gasteiger partial charge in [0, 0.05) is 30.3 Å². The van der Waals surface area contributed by atoms with Gasteiger partial charge in [0.1, 0.15) is 17.9 Å². The summed E-state index contributed by atoms with van der Waals surface area (Å²) in [5.74, 6) is 1.49. The first-order valence-corrected chi connectivity index (χ1v) is 10.7. The second kappa shape index (κ2) is 8.10. The minimum Gasteiger partial charge on any atom is -0.494 e. The third kappa shape index (κ3) is 4.87. The van der Waals surface area contributed by atoms with E-state index in [1.54, 1.807) is 24.3 Å². The molecule has 6 nitrogen and oxygen atoms in total. The van der Waals surface area contributed by atoms with Gasteiger partial charge in [0.15, 0.2) is 9.84 Å². The number of aromatic nitrogens is 2. The van der Waals surface area contributed by atoms with Crippen molar-refractivity contribution in [2.75, 3.05) is 31.4 Å². The lowest BCUT2D eigenvalue weighted by molar-refractivity contribution is 0.312. The van der Waals surface area contributed by atoms with Crippen molar-refractivity contribution in [3.63, 3.8) is 0 Å². The molecule has 27 heavy (non-hydrogen) atoms. The molecule has 0 fully saturated rings. The van der Waals surface area contributed by atoms with Gasteiger partial charge in [0.2, 0.25) is 0 Å². The molecule has 3 rings (SSSR count). The summed E-state index contributed by atoms with van der Waals surface area (Å²) >= 11 is 6.02. The molecule has 0 atom stereocenters. The van der Waals surface area contributed by atoms with Gasteiger partial charge in [-0.15, -0.1) is 0 Å². The Morgan fingerprint density at radius 2 is 1.85 bits per heavy atom. The van der Waals surface area contributed by atoms with Gasteiger partial charge in [0.25, 0.3) is 0 Å². The van der Waals surface area contributed by atoms with Gasteiger partial charge in [-0.25, -0.2) is 18.4 Å². The maximum atomic E-state index is 11.5. The average Bonchev–Trinajstić information content (AvgIpc) is 2.64. The lowest BCUT2D eigenvalue weighted by atomic mass is 10.2. The van der Waals surface area contributed by atoms with E-state index in [0.717, 1.165) is 29.7 Å². The predicted octanol–water partition coefficient (Wildman–Crippen LogP) is 3.59. The van der Waals surface area contributed by atoms with Gasteiger partial charge < -0.3 is 9.64 Å². The van der Waals surface area contributed by atoms with Crippen LogP contribution in [0.1, 0.15) is 6.42 Å². The van der Waals surface area contributed by atoms with Crippen LogP contribution in [0.15, 0.2) is 53.7 Å². The Morgan fingerprint density at radius 1 is 1.11 bits per heavy atom. The first kappa shape index (κ1) is 19.4. The van der Waals surface area contributed by atoms with E-state index in [9.17, 15) is 8.42 Å². The monoisotopic (exact) mass is 405 g/mol. The molecule has 8 heteroatoms. The largest absolute Gasteiger partial charge is 0.494 e. The Kier molecular flexibility index (Phi) is 5.82. The van der Waals surface area contributed by atoms with Crippen LogP contribution >= 0.6 is 11.6 Å². The van der Waals surface area contributed by atoms with Crippen molar-refractivity contribution in [1.82, 2.24) is 9.97 Å². The molecule has 2 aromatic carbocycles. The number of anilines is 1. The van der Waals surface area contributed by atoms with E-state index in [1.165, 1.54) is 12.6 Å². The van der Waals surface area contributed by atoms with Crippen molar-refractivity contribution < 1.29 is 13.2 Å². The fourth-order valence-corrected chi connectivity index (χ4v) is 3.50. The van der Waals surface area contributed by atoms with Crippen molar-refractivity contribution in [2.45, 2.75) is 11.3 Å². The number of halogens is 1. The highest BCUT2D eigenvalue weighted by Crippen LogP contribution is 2.24. The molecule has 0 spiro atoms. The molecule has 142 valence electrons. The first-order chi connectivity index (χ1) is 12.8. The van der Waals surface area contributed by atoms with Gasteiger partial charge >= 0.3 is 0 Å². The summed E-state index contributed by atoms with van der Waals surface area (Å²) in [6, 6.07) is 12.0. The van der Waals surface area contributed by atoms with Gasteiger partial charge in [-0.3, -0.25) is 0 Å². The number of sulfone groups is 1. The number of benzene rings is 2. The van der Waals surface area contributed by atoms with Crippen molar-refractivity contribution >= 4 is 38.2 Å². The van der Waals surface area contributed by atoms with Gasteiger partial charge in [0.05, 0.1) is 17.0 Å². The van der Waals surface area contributed by atoms with Crippen LogP contribution in [0.5, 0.6) is 5.75 Å². The van der Waals surface area contributed by atoms with Crippen LogP contribution in [0, 0.1) is 0 Å². The molecule has 0 N–H and O–H groups in total. The van der Waals surface area contributed by atoms with Crippen LogP contribution in [-0.4, -0.2) is 44.8 Å². The molecule has 0 aliphatic heterocycles. The van der Waals surface area contributed by atoms with Crippen molar-refractivity contribution in [3.8, 4) is 5.75 Å². The molecular weight excluding hydrogens is 386 g/mol. The van der Waals surface area contributed by atoms with Crippen molar-refractivity contribution in [1.29, 1.82) is 0 Å². The van der Waals surface area contributed by atoms with Crippen LogP contribution in [0.2, 0.25) is 5.02 Å². The maximum absolute atomic E-state index is 11.5. The zero-order valence-corrected chi connectivity index (χ0v) is 16.7. The number of nitrogens with zero attached hydrogens (tertiary/aromatic N) is 3. The van der Waals surface area contributed by atoms with E-state index in [4.69, 9.17) is 16.3 Å². The van der Waals surface area contributed by atoms with Crippen LogP contribution < -0.4 is 9.64 Å². The minimum absolute atomic E-state index is 0.283. The molecule has 0 bridgehead atoms. The van der Waals surface area contributed by atoms with Crippen molar-refractivity contribution in [2.24, 2.45) is 0 Å². The summed E-state index contributed by atoms with van der Waals surface area (Å²) < 4.78 is 28.6. The van der Waals surface area contributed by atoms with E-state index >= 15 is 0 Å². The molecule has 3 aromatic rings. The quantitative estimate of drug-likeness (QED) is 0.559. The summed E-state index contributed by atoms with van der Waals surface area (Å²) in [5, 5.41) is 1.59. The molecule has 0 aliphatic rings. The summed E-state index contributed by atoms with van der Waals surface area (Å²) in [4.78, 5) is 11.0. The molecule has 0 aliphatic carbocycles. The summed E-state index contributed by atoms with van der Waals surface area (Å²) in [5.41, 5.74) is 0.807. The van der Waals surface area contributed by atoms with E-state index in [1.807, 2.05) is 30.1 Å². The summed E-state index contributed by atoms with van der Waals surface area (Å²) in [6.45, 7) is 1.26. The standard InChI is InChI=1S/C19H20ClN3O3S/c1-23(19-17-9-4-14(20)12-18(17)21-13-22-19)10-3-11-26-15-5-7-16(8-6-15)27(2,24)25/h4-9,12-13H,3,10-11H2,1-2H3. The molecule has 1 aromatic heterocycles. The molecular formula is C19H20ClN3O3S. The Balaban J connectivity index is 1.56. The highest BCUT2D eigenvalue weighted by molar-refractivity contribution is 7.90. The Labute approximate surface area is 163 Å². The average molecular weight is 406 g/mol. The molecule has 0 saturated heterocycles. The lowest BCUT2D eigenvalue weighted by Gasteiger charge is -2.19. The smallest absolute Gasteiger partial charge is 0.175 e. The molecule has 0 unspecified atom stereocenters. The topological polar surface area (TPSA) is 72.4 Å². The zero-order chi connectivity index (χ0) is 19.4. The number of ether oxygens (including phenoxy) is 1. The Hall–Kier alpha value is -2.38. The third-order valence-electron chi connectivity index (χ3n) is 4.10. The molecule has 0 radical (unpaired) electrons. The molecule has 0 saturated carbocycles. The lowest BCUT2D eigenvalue weighted by Crippen LogP contribution is -2.21. The number of hydrogen-bond donors (Lipinski definition) is 0. The maximum Gasteiger partial charge on any atom is 0.175 e. The highest BCUT2D eigenvalue weighted by Gasteiger charge is 2.09. The fraction of sp³-hybridized carbons (Fsp3) is 0.263. The molecule has 1 heterocycles. The van der Waals surface area contributed by atoms with E-state index in [0.29, 0.717) is 17.4 Å². The highest BCUT2D eigenvalue weighted by atomic mass is 35.5. The Bertz CT molecular complexity index is 1040. The normalized spacial score (nSPS) is 11.5. The van der Waals surface area contributed by atoms with Gasteiger partial charge in [-0.05, 0) is 48.9 Å². The fourth-order valence-electron chi connectivity index (χ4n) is 2.70. The van der Waals surface area contributed by atoms with E-state index in [2.05, 4.69) is 9.97 Å². The second-order valence-corrected chi connectivity index (χ2v) is 8.68. The zero-order valence-electron chi connectivity index (χ0n) is 15.1. The van der Waals surface area contributed by atoms with Crippen molar-refractivity contribution in [3.05, 3.63) is 53.8 Å². The minimum atomic E-state index is -3.19. The summed E-state index contributed by atoms with van der Waals surface area (Å²) in [6.07, 6.45) is 3.50. The van der Waals surface area contributed by atoms with E-state index in [-0.39, 0.29) is 4.90 Å². The number of rotatable bonds is 7. The summed E-state index contributed by atoms with van der Waals surface area (Å²) in [7, 11) is -1.22. The van der Waals surface area contributed by atoms with Crippen LogP contribution in [0.25, 0.3) is 10.9 Å². The Morgan fingerprint density at radius 3 is 2.56 bits per heavy atom. The van der Waals surface area contributed by atoms with E-state index < -0.39 is 9.84 Å². The van der Waals surface area contributed by atoms with Crippen LogP contribution in [0.3, 0.4) is 0 Å². The van der Waals surface area contributed by atoms with Crippen LogP contribution in [0.4, 0.5) is 5.82 Å².